The smallest absolute Gasteiger partial charge is 0.144 e. The zero-order valence-electron chi connectivity index (χ0n) is 8.04. The fourth-order valence-electron chi connectivity index (χ4n) is 2.60. The Morgan fingerprint density at radius 1 is 1.08 bits per heavy atom. The average Bonchev–Trinajstić information content (AvgIpc) is 2.47. The van der Waals surface area contributed by atoms with Crippen molar-refractivity contribution in [3.63, 3.8) is 0 Å². The predicted molar refractivity (Wildman–Crippen MR) is 50.1 cm³/mol. The lowest BCUT2D eigenvalue weighted by Gasteiger charge is -2.20. The number of hydrogen-bond acceptors (Lipinski definition) is 2. The summed E-state index contributed by atoms with van der Waals surface area (Å²) in [7, 11) is 0. The molecule has 1 saturated carbocycles. The van der Waals surface area contributed by atoms with E-state index in [1.165, 1.54) is 38.5 Å². The maximum atomic E-state index is 8.78. The van der Waals surface area contributed by atoms with Gasteiger partial charge in [-0.05, 0) is 25.2 Å². The molecule has 2 heteroatoms. The van der Waals surface area contributed by atoms with Crippen LogP contribution in [0.3, 0.4) is 0 Å². The van der Waals surface area contributed by atoms with Crippen molar-refractivity contribution in [1.82, 2.24) is 0 Å². The Bertz CT molecular complexity index is 193. The maximum absolute atomic E-state index is 8.78. The van der Waals surface area contributed by atoms with Crippen LogP contribution in [0, 0.1) is 17.2 Å². The Morgan fingerprint density at radius 3 is 2.62 bits per heavy atom. The second kappa shape index (κ2) is 4.11. The molecule has 2 nitrogen and oxygen atoms in total. The normalized spacial score (nSPS) is 40.1. The number of ether oxygens (including phenoxy) is 1. The SMILES string of the molecule is N#C[C@H]1C[C@@H]2CCCCCC[C@H]2O1. The van der Waals surface area contributed by atoms with Crippen molar-refractivity contribution in [2.45, 2.75) is 57.2 Å². The third-order valence-electron chi connectivity index (χ3n) is 3.34. The molecule has 0 aromatic carbocycles. The van der Waals surface area contributed by atoms with Gasteiger partial charge < -0.3 is 4.74 Å². The highest BCUT2D eigenvalue weighted by Gasteiger charge is 2.34. The molecular formula is C11H17NO. The van der Waals surface area contributed by atoms with Crippen LogP contribution in [0.25, 0.3) is 0 Å². The van der Waals surface area contributed by atoms with E-state index in [2.05, 4.69) is 6.07 Å². The fraction of sp³-hybridized carbons (Fsp3) is 0.909. The van der Waals surface area contributed by atoms with Gasteiger partial charge in [-0.1, -0.05) is 25.7 Å². The summed E-state index contributed by atoms with van der Waals surface area (Å²) < 4.78 is 5.69. The summed E-state index contributed by atoms with van der Waals surface area (Å²) in [6.45, 7) is 0. The highest BCUT2D eigenvalue weighted by Crippen LogP contribution is 2.35. The molecule has 0 radical (unpaired) electrons. The lowest BCUT2D eigenvalue weighted by molar-refractivity contribution is 0.0482. The van der Waals surface area contributed by atoms with Gasteiger partial charge in [0, 0.05) is 0 Å². The Hall–Kier alpha value is -0.550. The molecule has 0 aromatic rings. The molecule has 2 rings (SSSR count). The Morgan fingerprint density at radius 2 is 1.85 bits per heavy atom. The van der Waals surface area contributed by atoms with Gasteiger partial charge in [0.15, 0.2) is 0 Å². The van der Waals surface area contributed by atoms with Gasteiger partial charge in [0.25, 0.3) is 0 Å². The Labute approximate surface area is 79.9 Å². The van der Waals surface area contributed by atoms with Gasteiger partial charge in [-0.25, -0.2) is 0 Å². The average molecular weight is 179 g/mol. The molecule has 3 atom stereocenters. The minimum Gasteiger partial charge on any atom is -0.360 e. The molecule has 0 bridgehead atoms. The van der Waals surface area contributed by atoms with Crippen LogP contribution in [-0.4, -0.2) is 12.2 Å². The fourth-order valence-corrected chi connectivity index (χ4v) is 2.60. The summed E-state index contributed by atoms with van der Waals surface area (Å²) in [4.78, 5) is 0. The highest BCUT2D eigenvalue weighted by atomic mass is 16.5. The van der Waals surface area contributed by atoms with E-state index >= 15 is 0 Å². The largest absolute Gasteiger partial charge is 0.360 e. The van der Waals surface area contributed by atoms with Gasteiger partial charge in [0.1, 0.15) is 6.10 Å². The van der Waals surface area contributed by atoms with E-state index in [0.717, 1.165) is 6.42 Å². The first kappa shape index (κ1) is 9.02. The number of hydrogen-bond donors (Lipinski definition) is 0. The summed E-state index contributed by atoms with van der Waals surface area (Å²) in [6, 6.07) is 2.24. The molecule has 1 aliphatic heterocycles. The monoisotopic (exact) mass is 179 g/mol. The molecule has 72 valence electrons. The van der Waals surface area contributed by atoms with Gasteiger partial charge >= 0.3 is 0 Å². The van der Waals surface area contributed by atoms with Crippen molar-refractivity contribution in [2.75, 3.05) is 0 Å². The lowest BCUT2D eigenvalue weighted by atomic mass is 9.88. The first-order valence-corrected chi connectivity index (χ1v) is 5.45. The molecule has 0 N–H and O–H groups in total. The molecule has 0 unspecified atom stereocenters. The van der Waals surface area contributed by atoms with Crippen molar-refractivity contribution in [1.29, 1.82) is 5.26 Å². The molecule has 1 saturated heterocycles. The Balaban J connectivity index is 1.95. The standard InChI is InChI=1S/C11H17NO/c12-8-10-7-9-5-3-1-2-4-6-11(9)13-10/h9-11H,1-7H2/t9-,10+,11+/m0/s1. The van der Waals surface area contributed by atoms with E-state index in [4.69, 9.17) is 10.00 Å². The van der Waals surface area contributed by atoms with E-state index in [0.29, 0.717) is 12.0 Å². The van der Waals surface area contributed by atoms with Crippen LogP contribution in [0.15, 0.2) is 0 Å². The molecular weight excluding hydrogens is 162 g/mol. The molecule has 13 heavy (non-hydrogen) atoms. The number of rotatable bonds is 0. The molecule has 0 aromatic heterocycles. The van der Waals surface area contributed by atoms with E-state index in [-0.39, 0.29) is 6.10 Å². The summed E-state index contributed by atoms with van der Waals surface area (Å²) in [5.41, 5.74) is 0. The van der Waals surface area contributed by atoms with Crippen molar-refractivity contribution in [3.8, 4) is 6.07 Å². The van der Waals surface area contributed by atoms with Crippen LogP contribution in [0.5, 0.6) is 0 Å². The molecule has 0 spiro atoms. The van der Waals surface area contributed by atoms with Crippen molar-refractivity contribution >= 4 is 0 Å². The summed E-state index contributed by atoms with van der Waals surface area (Å²) in [6.07, 6.45) is 9.11. The first-order chi connectivity index (χ1) is 6.40. The lowest BCUT2D eigenvalue weighted by Crippen LogP contribution is -2.17. The van der Waals surface area contributed by atoms with Crippen molar-refractivity contribution < 1.29 is 4.74 Å². The van der Waals surface area contributed by atoms with Crippen LogP contribution in [0.4, 0.5) is 0 Å². The molecule has 2 fully saturated rings. The Kier molecular flexibility index (Phi) is 2.85. The third-order valence-corrected chi connectivity index (χ3v) is 3.34. The second-order valence-electron chi connectivity index (χ2n) is 4.28. The quantitative estimate of drug-likeness (QED) is 0.572. The van der Waals surface area contributed by atoms with Gasteiger partial charge in [0.05, 0.1) is 12.2 Å². The van der Waals surface area contributed by atoms with Gasteiger partial charge in [-0.15, -0.1) is 0 Å². The van der Waals surface area contributed by atoms with Crippen molar-refractivity contribution in [2.24, 2.45) is 5.92 Å². The zero-order chi connectivity index (χ0) is 9.10. The zero-order valence-corrected chi connectivity index (χ0v) is 8.04. The van der Waals surface area contributed by atoms with E-state index < -0.39 is 0 Å². The molecule has 1 heterocycles. The third kappa shape index (κ3) is 2.03. The van der Waals surface area contributed by atoms with Crippen LogP contribution in [-0.2, 0) is 4.74 Å². The molecule has 0 amide bonds. The van der Waals surface area contributed by atoms with Crippen LogP contribution < -0.4 is 0 Å². The number of nitriles is 1. The summed E-state index contributed by atoms with van der Waals surface area (Å²) in [5.74, 6) is 0.685. The van der Waals surface area contributed by atoms with Crippen LogP contribution in [0.2, 0.25) is 0 Å². The van der Waals surface area contributed by atoms with Crippen LogP contribution >= 0.6 is 0 Å². The van der Waals surface area contributed by atoms with Crippen molar-refractivity contribution in [3.05, 3.63) is 0 Å². The van der Waals surface area contributed by atoms with E-state index in [1.807, 2.05) is 0 Å². The maximum Gasteiger partial charge on any atom is 0.144 e. The second-order valence-corrected chi connectivity index (χ2v) is 4.28. The number of nitrogens with zero attached hydrogens (tertiary/aromatic N) is 1. The van der Waals surface area contributed by atoms with Gasteiger partial charge in [-0.3, -0.25) is 0 Å². The minimum absolute atomic E-state index is 0.104. The molecule has 2 aliphatic rings. The first-order valence-electron chi connectivity index (χ1n) is 5.45. The summed E-state index contributed by atoms with van der Waals surface area (Å²) in [5, 5.41) is 8.78. The van der Waals surface area contributed by atoms with E-state index in [1.54, 1.807) is 0 Å². The topological polar surface area (TPSA) is 33.0 Å². The minimum atomic E-state index is -0.104. The number of fused-ring (bicyclic) bond motifs is 1. The highest BCUT2D eigenvalue weighted by molar-refractivity contribution is 4.94. The van der Waals surface area contributed by atoms with Gasteiger partial charge in [0.2, 0.25) is 0 Å². The van der Waals surface area contributed by atoms with Gasteiger partial charge in [-0.2, -0.15) is 5.26 Å². The molecule has 1 aliphatic carbocycles. The van der Waals surface area contributed by atoms with E-state index in [9.17, 15) is 0 Å². The van der Waals surface area contributed by atoms with Crippen LogP contribution in [0.1, 0.15) is 44.9 Å². The predicted octanol–water partition coefficient (Wildman–Crippen LogP) is 2.64. The summed E-state index contributed by atoms with van der Waals surface area (Å²) >= 11 is 0.